The molecule has 0 aliphatic heterocycles. The van der Waals surface area contributed by atoms with E-state index in [1.54, 1.807) is 0 Å². The molecule has 0 radical (unpaired) electrons. The molecule has 0 spiro atoms. The Kier molecular flexibility index (Phi) is 6.59. The summed E-state index contributed by atoms with van der Waals surface area (Å²) < 4.78 is 8.94. The van der Waals surface area contributed by atoms with Crippen LogP contribution in [0, 0.1) is 6.92 Å². The summed E-state index contributed by atoms with van der Waals surface area (Å²) in [5.41, 5.74) is 5.34. The fourth-order valence-electron chi connectivity index (χ4n) is 3.18. The van der Waals surface area contributed by atoms with Crippen molar-refractivity contribution in [1.82, 2.24) is 19.8 Å². The number of hydrogen-bond donors (Lipinski definition) is 1. The van der Waals surface area contributed by atoms with Gasteiger partial charge in [0.05, 0.1) is 24.4 Å². The molecule has 1 amide bonds. The number of hydrogen-bond acceptors (Lipinski definition) is 4. The number of aryl methyl sites for hydroxylation is 2. The first-order valence-corrected chi connectivity index (χ1v) is 9.73. The second-order valence-corrected chi connectivity index (χ2v) is 7.03. The number of rotatable bonds is 8. The Morgan fingerprint density at radius 2 is 2.11 bits per heavy atom. The van der Waals surface area contributed by atoms with E-state index in [0.29, 0.717) is 24.7 Å². The van der Waals surface area contributed by atoms with E-state index in [-0.39, 0.29) is 0 Å². The SMILES string of the molecule is CCCCOC(=O)NOCCc1c(C)nn(C)c1-n1ccc2cc(Cl)ccc21. The highest BCUT2D eigenvalue weighted by atomic mass is 35.5. The van der Waals surface area contributed by atoms with E-state index in [4.69, 9.17) is 21.2 Å². The third kappa shape index (κ3) is 4.48. The van der Waals surface area contributed by atoms with E-state index in [2.05, 4.69) is 15.1 Å². The number of carbonyl (C=O) groups excluding carboxylic acids is 1. The number of nitrogens with one attached hydrogen (secondary N) is 1. The Morgan fingerprint density at radius 3 is 2.89 bits per heavy atom. The molecule has 3 rings (SSSR count). The van der Waals surface area contributed by atoms with Gasteiger partial charge in [-0.05, 0) is 37.6 Å². The molecule has 1 N–H and O–H groups in total. The number of nitrogens with zero attached hydrogens (tertiary/aromatic N) is 3. The number of halogens is 1. The van der Waals surface area contributed by atoms with Crippen molar-refractivity contribution >= 4 is 28.6 Å². The van der Waals surface area contributed by atoms with Gasteiger partial charge in [0.2, 0.25) is 0 Å². The van der Waals surface area contributed by atoms with Crippen molar-refractivity contribution in [2.75, 3.05) is 13.2 Å². The predicted molar refractivity (Wildman–Crippen MR) is 109 cm³/mol. The zero-order valence-corrected chi connectivity index (χ0v) is 17.1. The van der Waals surface area contributed by atoms with Crippen LogP contribution in [0.1, 0.15) is 31.0 Å². The molecule has 0 aliphatic carbocycles. The van der Waals surface area contributed by atoms with Crippen molar-refractivity contribution in [1.29, 1.82) is 0 Å². The topological polar surface area (TPSA) is 70.3 Å². The molecule has 0 fully saturated rings. The number of benzene rings is 1. The summed E-state index contributed by atoms with van der Waals surface area (Å²) >= 11 is 6.10. The van der Waals surface area contributed by atoms with E-state index in [1.165, 1.54) is 0 Å². The maximum Gasteiger partial charge on any atom is 0.431 e. The number of aromatic nitrogens is 3. The van der Waals surface area contributed by atoms with Crippen LogP contribution in [0.5, 0.6) is 0 Å². The van der Waals surface area contributed by atoms with Crippen LogP contribution in [0.3, 0.4) is 0 Å². The molecule has 3 aromatic rings. The minimum atomic E-state index is -0.565. The van der Waals surface area contributed by atoms with Crippen LogP contribution in [-0.4, -0.2) is 33.7 Å². The van der Waals surface area contributed by atoms with Crippen molar-refractivity contribution in [3.8, 4) is 5.82 Å². The fourth-order valence-corrected chi connectivity index (χ4v) is 3.36. The molecule has 8 heteroatoms. The van der Waals surface area contributed by atoms with E-state index in [9.17, 15) is 4.79 Å². The molecule has 150 valence electrons. The molecular formula is C20H25ClN4O3. The molecular weight excluding hydrogens is 380 g/mol. The van der Waals surface area contributed by atoms with Crippen LogP contribution in [0.4, 0.5) is 4.79 Å². The Morgan fingerprint density at radius 1 is 1.29 bits per heavy atom. The minimum absolute atomic E-state index is 0.313. The molecule has 28 heavy (non-hydrogen) atoms. The van der Waals surface area contributed by atoms with Gasteiger partial charge < -0.3 is 9.30 Å². The molecule has 0 saturated carbocycles. The van der Waals surface area contributed by atoms with Gasteiger partial charge in [0.25, 0.3) is 0 Å². The summed E-state index contributed by atoms with van der Waals surface area (Å²) in [6.07, 6.45) is 3.84. The number of carbonyl (C=O) groups is 1. The second kappa shape index (κ2) is 9.12. The smallest absolute Gasteiger partial charge is 0.431 e. The van der Waals surface area contributed by atoms with Gasteiger partial charge in [0, 0.05) is 35.6 Å². The van der Waals surface area contributed by atoms with Gasteiger partial charge >= 0.3 is 6.09 Å². The lowest BCUT2D eigenvalue weighted by Gasteiger charge is -2.11. The first kappa shape index (κ1) is 20.2. The van der Waals surface area contributed by atoms with Gasteiger partial charge in [-0.25, -0.2) is 4.79 Å². The largest absolute Gasteiger partial charge is 0.448 e. The number of ether oxygens (including phenoxy) is 1. The lowest BCUT2D eigenvalue weighted by molar-refractivity contribution is 0.0289. The lowest BCUT2D eigenvalue weighted by atomic mass is 10.2. The van der Waals surface area contributed by atoms with E-state index in [1.807, 2.05) is 56.0 Å². The zero-order chi connectivity index (χ0) is 20.1. The van der Waals surface area contributed by atoms with Crippen LogP contribution >= 0.6 is 11.6 Å². The standard InChI is InChI=1S/C20H25ClN4O3/c1-4-5-11-27-20(26)23-28-12-9-17-14(2)22-24(3)19(17)25-10-8-15-13-16(21)6-7-18(15)25/h6-8,10,13H,4-5,9,11-12H2,1-3H3,(H,23,26). The van der Waals surface area contributed by atoms with Gasteiger partial charge in [-0.15, -0.1) is 0 Å². The average Bonchev–Trinajstić information content (AvgIpc) is 3.18. The highest BCUT2D eigenvalue weighted by molar-refractivity contribution is 6.31. The van der Waals surface area contributed by atoms with Gasteiger partial charge in [-0.3, -0.25) is 9.52 Å². The summed E-state index contributed by atoms with van der Waals surface area (Å²) in [6.45, 7) is 4.71. The number of unbranched alkanes of at least 4 members (excludes halogenated alkanes) is 1. The third-order valence-electron chi connectivity index (χ3n) is 4.53. The van der Waals surface area contributed by atoms with Crippen LogP contribution in [0.25, 0.3) is 16.7 Å². The molecule has 0 aliphatic rings. The molecule has 7 nitrogen and oxygen atoms in total. The number of amides is 1. The second-order valence-electron chi connectivity index (χ2n) is 6.59. The fraction of sp³-hybridized carbons (Fsp3) is 0.400. The summed E-state index contributed by atoms with van der Waals surface area (Å²) in [4.78, 5) is 16.8. The minimum Gasteiger partial charge on any atom is -0.448 e. The van der Waals surface area contributed by atoms with Crippen LogP contribution in [-0.2, 0) is 23.0 Å². The number of fused-ring (bicyclic) bond motifs is 1. The first-order valence-electron chi connectivity index (χ1n) is 9.35. The Hall–Kier alpha value is -2.51. The predicted octanol–water partition coefficient (Wildman–Crippen LogP) is 4.33. The van der Waals surface area contributed by atoms with Gasteiger partial charge in [0.15, 0.2) is 0 Å². The van der Waals surface area contributed by atoms with Crippen molar-refractivity contribution in [2.45, 2.75) is 33.1 Å². The van der Waals surface area contributed by atoms with Crippen LogP contribution in [0.15, 0.2) is 30.5 Å². The number of hydroxylamine groups is 1. The molecule has 0 saturated heterocycles. The molecule has 0 unspecified atom stereocenters. The zero-order valence-electron chi connectivity index (χ0n) is 16.4. The molecule has 0 bridgehead atoms. The third-order valence-corrected chi connectivity index (χ3v) is 4.77. The Bertz CT molecular complexity index is 964. The lowest BCUT2D eigenvalue weighted by Crippen LogP contribution is -2.26. The van der Waals surface area contributed by atoms with Crippen molar-refractivity contribution < 1.29 is 14.4 Å². The van der Waals surface area contributed by atoms with E-state index in [0.717, 1.165) is 40.8 Å². The van der Waals surface area contributed by atoms with Crippen LogP contribution < -0.4 is 5.48 Å². The first-order chi connectivity index (χ1) is 13.5. The van der Waals surface area contributed by atoms with Crippen molar-refractivity contribution in [3.05, 3.63) is 46.7 Å². The quantitative estimate of drug-likeness (QED) is 0.448. The van der Waals surface area contributed by atoms with Gasteiger partial charge in [-0.2, -0.15) is 10.6 Å². The summed E-state index contributed by atoms with van der Waals surface area (Å²) in [5.74, 6) is 0.962. The maximum absolute atomic E-state index is 11.5. The van der Waals surface area contributed by atoms with Crippen molar-refractivity contribution in [3.63, 3.8) is 0 Å². The molecule has 1 aromatic carbocycles. The van der Waals surface area contributed by atoms with Gasteiger partial charge in [0.1, 0.15) is 5.82 Å². The normalized spacial score (nSPS) is 11.1. The average molecular weight is 405 g/mol. The monoisotopic (exact) mass is 404 g/mol. The summed E-state index contributed by atoms with van der Waals surface area (Å²) in [6, 6.07) is 7.83. The Labute approximate surface area is 169 Å². The van der Waals surface area contributed by atoms with Gasteiger partial charge in [-0.1, -0.05) is 24.9 Å². The molecule has 0 atom stereocenters. The Balaban J connectivity index is 1.70. The summed E-state index contributed by atoms with van der Waals surface area (Å²) in [7, 11) is 1.91. The molecule has 2 heterocycles. The van der Waals surface area contributed by atoms with Crippen LogP contribution in [0.2, 0.25) is 5.02 Å². The highest BCUT2D eigenvalue weighted by Gasteiger charge is 2.17. The van der Waals surface area contributed by atoms with E-state index < -0.39 is 6.09 Å². The molecule has 2 aromatic heterocycles. The van der Waals surface area contributed by atoms with E-state index >= 15 is 0 Å². The maximum atomic E-state index is 11.5. The summed E-state index contributed by atoms with van der Waals surface area (Å²) in [5, 5.41) is 6.32. The van der Waals surface area contributed by atoms with Crippen molar-refractivity contribution in [2.24, 2.45) is 7.05 Å². The highest BCUT2D eigenvalue weighted by Crippen LogP contribution is 2.26.